The Morgan fingerprint density at radius 2 is 2.00 bits per heavy atom. The Hall–Kier alpha value is -1.06. The van der Waals surface area contributed by atoms with Crippen LogP contribution in [0.15, 0.2) is 24.3 Å². The molecule has 1 aromatic carbocycles. The number of methoxy groups -OCH3 is 1. The highest BCUT2D eigenvalue weighted by Gasteiger charge is 2.08. The molecule has 17 heavy (non-hydrogen) atoms. The molecule has 2 N–H and O–H groups in total. The first-order chi connectivity index (χ1) is 8.15. The summed E-state index contributed by atoms with van der Waals surface area (Å²) < 4.78 is 5.28. The van der Waals surface area contributed by atoms with Gasteiger partial charge in [-0.2, -0.15) is 0 Å². The van der Waals surface area contributed by atoms with E-state index in [1.165, 1.54) is 5.56 Å². The summed E-state index contributed by atoms with van der Waals surface area (Å²) in [6.07, 6.45) is 0.641. The molecule has 1 unspecified atom stereocenters. The van der Waals surface area contributed by atoms with Gasteiger partial charge in [-0.05, 0) is 30.5 Å². The molecular formula is C14H23NO2. The van der Waals surface area contributed by atoms with Crippen molar-refractivity contribution in [2.45, 2.75) is 26.4 Å². The molecule has 0 heterocycles. The molecule has 0 aliphatic rings. The molecule has 3 nitrogen and oxygen atoms in total. The molecule has 0 amide bonds. The predicted molar refractivity (Wildman–Crippen MR) is 70.4 cm³/mol. The zero-order chi connectivity index (χ0) is 12.7. The van der Waals surface area contributed by atoms with Gasteiger partial charge in [-0.3, -0.25) is 0 Å². The number of hydrogen-bond donors (Lipinski definition) is 2. The molecule has 0 fully saturated rings. The van der Waals surface area contributed by atoms with E-state index in [1.807, 2.05) is 32.0 Å². The third-order valence-corrected chi connectivity index (χ3v) is 2.89. The van der Waals surface area contributed by atoms with Gasteiger partial charge in [-0.15, -0.1) is 0 Å². The first-order valence-electron chi connectivity index (χ1n) is 6.15. The standard InChI is InChI=1S/C14H23NO2/c1-11(2)13(16)10-15-9-8-12-6-4-5-7-14(12)17-3/h4-7,11,13,15-16H,8-10H2,1-3H3. The molecule has 0 aromatic heterocycles. The Kier molecular flexibility index (Phi) is 6.01. The first-order valence-corrected chi connectivity index (χ1v) is 6.15. The second kappa shape index (κ2) is 7.30. The molecule has 1 aromatic rings. The van der Waals surface area contributed by atoms with Crippen LogP contribution in [-0.4, -0.2) is 31.4 Å². The van der Waals surface area contributed by atoms with Gasteiger partial charge < -0.3 is 15.2 Å². The fraction of sp³-hybridized carbons (Fsp3) is 0.571. The van der Waals surface area contributed by atoms with E-state index >= 15 is 0 Å². The first kappa shape index (κ1) is 14.0. The van der Waals surface area contributed by atoms with Crippen LogP contribution >= 0.6 is 0 Å². The number of benzene rings is 1. The van der Waals surface area contributed by atoms with E-state index in [0.29, 0.717) is 12.5 Å². The third-order valence-electron chi connectivity index (χ3n) is 2.89. The fourth-order valence-electron chi connectivity index (χ4n) is 1.62. The van der Waals surface area contributed by atoms with Crippen molar-refractivity contribution in [3.05, 3.63) is 29.8 Å². The maximum Gasteiger partial charge on any atom is 0.122 e. The van der Waals surface area contributed by atoms with Crippen molar-refractivity contribution in [3.63, 3.8) is 0 Å². The lowest BCUT2D eigenvalue weighted by atomic mass is 10.1. The minimum absolute atomic E-state index is 0.271. The molecule has 1 atom stereocenters. The summed E-state index contributed by atoms with van der Waals surface area (Å²) in [6.45, 7) is 5.54. The Bertz CT molecular complexity index is 326. The molecule has 0 saturated heterocycles. The number of para-hydroxylation sites is 1. The molecule has 1 rings (SSSR count). The van der Waals surface area contributed by atoms with E-state index in [-0.39, 0.29) is 6.10 Å². The van der Waals surface area contributed by atoms with Gasteiger partial charge in [0.05, 0.1) is 13.2 Å². The van der Waals surface area contributed by atoms with E-state index < -0.39 is 0 Å². The molecule has 3 heteroatoms. The van der Waals surface area contributed by atoms with Gasteiger partial charge in [0.1, 0.15) is 5.75 Å². The highest BCUT2D eigenvalue weighted by atomic mass is 16.5. The zero-order valence-electron chi connectivity index (χ0n) is 10.9. The van der Waals surface area contributed by atoms with Gasteiger partial charge in [-0.25, -0.2) is 0 Å². The lowest BCUT2D eigenvalue weighted by molar-refractivity contribution is 0.124. The zero-order valence-corrected chi connectivity index (χ0v) is 10.9. The minimum atomic E-state index is -0.271. The topological polar surface area (TPSA) is 41.5 Å². The van der Waals surface area contributed by atoms with E-state index in [1.54, 1.807) is 7.11 Å². The Labute approximate surface area is 104 Å². The highest BCUT2D eigenvalue weighted by Crippen LogP contribution is 2.17. The van der Waals surface area contributed by atoms with E-state index in [2.05, 4.69) is 11.4 Å². The van der Waals surface area contributed by atoms with Crippen molar-refractivity contribution in [2.75, 3.05) is 20.2 Å². The smallest absolute Gasteiger partial charge is 0.122 e. The van der Waals surface area contributed by atoms with Crippen molar-refractivity contribution in [2.24, 2.45) is 5.92 Å². The van der Waals surface area contributed by atoms with Crippen LogP contribution in [0, 0.1) is 5.92 Å². The minimum Gasteiger partial charge on any atom is -0.496 e. The van der Waals surface area contributed by atoms with Crippen LogP contribution in [0.25, 0.3) is 0 Å². The number of hydrogen-bond acceptors (Lipinski definition) is 3. The molecule has 0 radical (unpaired) electrons. The van der Waals surface area contributed by atoms with Crippen molar-refractivity contribution in [3.8, 4) is 5.75 Å². The predicted octanol–water partition coefficient (Wildman–Crippen LogP) is 1.84. The summed E-state index contributed by atoms with van der Waals surface area (Å²) in [5.74, 6) is 1.23. The molecular weight excluding hydrogens is 214 g/mol. The summed E-state index contributed by atoms with van der Waals surface area (Å²) in [7, 11) is 1.69. The highest BCUT2D eigenvalue weighted by molar-refractivity contribution is 5.33. The molecule has 0 aliphatic heterocycles. The number of aliphatic hydroxyl groups excluding tert-OH is 1. The van der Waals surface area contributed by atoms with Crippen molar-refractivity contribution in [1.82, 2.24) is 5.32 Å². The van der Waals surface area contributed by atoms with Crippen LogP contribution in [0.1, 0.15) is 19.4 Å². The normalized spacial score (nSPS) is 12.8. The fourth-order valence-corrected chi connectivity index (χ4v) is 1.62. The molecule has 0 aliphatic carbocycles. The maximum absolute atomic E-state index is 9.64. The quantitative estimate of drug-likeness (QED) is 0.711. The van der Waals surface area contributed by atoms with Gasteiger partial charge in [0.25, 0.3) is 0 Å². The van der Waals surface area contributed by atoms with Gasteiger partial charge >= 0.3 is 0 Å². The monoisotopic (exact) mass is 237 g/mol. The summed E-state index contributed by atoms with van der Waals surface area (Å²) in [5.41, 5.74) is 1.20. The van der Waals surface area contributed by atoms with Gasteiger partial charge in [0.15, 0.2) is 0 Å². The number of aliphatic hydroxyl groups is 1. The van der Waals surface area contributed by atoms with Crippen molar-refractivity contribution < 1.29 is 9.84 Å². The number of nitrogens with one attached hydrogen (secondary N) is 1. The van der Waals surface area contributed by atoms with Crippen molar-refractivity contribution >= 4 is 0 Å². The van der Waals surface area contributed by atoms with Crippen LogP contribution in [0.2, 0.25) is 0 Å². The Morgan fingerprint density at radius 3 is 2.65 bits per heavy atom. The molecule has 0 spiro atoms. The summed E-state index contributed by atoms with van der Waals surface area (Å²) in [4.78, 5) is 0. The summed E-state index contributed by atoms with van der Waals surface area (Å²) in [6, 6.07) is 8.02. The third kappa shape index (κ3) is 4.75. The lowest BCUT2D eigenvalue weighted by Gasteiger charge is -2.15. The lowest BCUT2D eigenvalue weighted by Crippen LogP contribution is -2.31. The Morgan fingerprint density at radius 1 is 1.29 bits per heavy atom. The average Bonchev–Trinajstić information content (AvgIpc) is 2.34. The van der Waals surface area contributed by atoms with Gasteiger partial charge in [0, 0.05) is 6.54 Å². The SMILES string of the molecule is COc1ccccc1CCNCC(O)C(C)C. The van der Waals surface area contributed by atoms with Crippen LogP contribution in [0.3, 0.4) is 0 Å². The van der Waals surface area contributed by atoms with E-state index in [4.69, 9.17) is 4.74 Å². The van der Waals surface area contributed by atoms with Crippen LogP contribution in [-0.2, 0) is 6.42 Å². The average molecular weight is 237 g/mol. The largest absolute Gasteiger partial charge is 0.496 e. The van der Waals surface area contributed by atoms with Gasteiger partial charge in [-0.1, -0.05) is 32.0 Å². The molecule has 96 valence electrons. The second-order valence-corrected chi connectivity index (χ2v) is 4.58. The Balaban J connectivity index is 2.31. The second-order valence-electron chi connectivity index (χ2n) is 4.58. The summed E-state index contributed by atoms with van der Waals surface area (Å²) >= 11 is 0. The molecule has 0 saturated carbocycles. The van der Waals surface area contributed by atoms with Crippen LogP contribution < -0.4 is 10.1 Å². The van der Waals surface area contributed by atoms with Crippen molar-refractivity contribution in [1.29, 1.82) is 0 Å². The van der Waals surface area contributed by atoms with Crippen LogP contribution in [0.4, 0.5) is 0 Å². The van der Waals surface area contributed by atoms with Crippen LogP contribution in [0.5, 0.6) is 5.75 Å². The van der Waals surface area contributed by atoms with E-state index in [9.17, 15) is 5.11 Å². The number of ether oxygens (including phenoxy) is 1. The van der Waals surface area contributed by atoms with Gasteiger partial charge in [0.2, 0.25) is 0 Å². The summed E-state index contributed by atoms with van der Waals surface area (Å²) in [5, 5.41) is 12.9. The van der Waals surface area contributed by atoms with E-state index in [0.717, 1.165) is 18.7 Å². The number of rotatable bonds is 7. The molecule has 0 bridgehead atoms. The maximum atomic E-state index is 9.64.